The average molecular weight is 313 g/mol. The number of benzene rings is 1. The van der Waals surface area contributed by atoms with E-state index >= 15 is 0 Å². The lowest BCUT2D eigenvalue weighted by Crippen LogP contribution is -2.20. The lowest BCUT2D eigenvalue weighted by atomic mass is 10.1. The number of alkyl halides is 3. The molecule has 110 valence electrons. The van der Waals surface area contributed by atoms with Crippen molar-refractivity contribution < 1.29 is 18.4 Å². The summed E-state index contributed by atoms with van der Waals surface area (Å²) in [6, 6.07) is 7.01. The quantitative estimate of drug-likeness (QED) is 0.394. The number of rotatable bonds is 3. The van der Waals surface area contributed by atoms with Crippen molar-refractivity contribution in [1.29, 1.82) is 0 Å². The Morgan fingerprint density at radius 3 is 2.38 bits per heavy atom. The Kier molecular flexibility index (Phi) is 4.37. The maximum atomic E-state index is 13.1. The summed E-state index contributed by atoms with van der Waals surface area (Å²) in [6.45, 7) is 0. The van der Waals surface area contributed by atoms with E-state index in [1.165, 1.54) is 12.1 Å². The topological polar surface area (TPSA) is 71.5 Å². The molecule has 1 heterocycles. The number of oxime groups is 1. The second kappa shape index (κ2) is 6.04. The van der Waals surface area contributed by atoms with Crippen LogP contribution in [0.3, 0.4) is 0 Å². The van der Waals surface area contributed by atoms with E-state index in [1.807, 2.05) is 0 Å². The van der Waals surface area contributed by atoms with Crippen LogP contribution < -0.4 is 5.73 Å². The summed E-state index contributed by atoms with van der Waals surface area (Å²) in [5.41, 5.74) is 3.97. The van der Waals surface area contributed by atoms with E-state index in [0.717, 1.165) is 22.7 Å². The summed E-state index contributed by atoms with van der Waals surface area (Å²) in [4.78, 5) is 4.99. The number of nitrogens with zero attached hydrogens (tertiary/aromatic N) is 2. The van der Waals surface area contributed by atoms with Gasteiger partial charge in [-0.1, -0.05) is 16.9 Å². The van der Waals surface area contributed by atoms with Crippen LogP contribution in [-0.4, -0.2) is 16.0 Å². The highest BCUT2D eigenvalue weighted by Gasteiger charge is 2.34. The molecule has 0 aliphatic carbocycles. The number of aromatic nitrogens is 1. The molecule has 0 unspecified atom stereocenters. The highest BCUT2D eigenvalue weighted by molar-refractivity contribution is 7.99. The van der Waals surface area contributed by atoms with Crippen LogP contribution >= 0.6 is 11.8 Å². The summed E-state index contributed by atoms with van der Waals surface area (Å²) in [7, 11) is 0. The van der Waals surface area contributed by atoms with Crippen LogP contribution in [0, 0.1) is 0 Å². The average Bonchev–Trinajstić information content (AvgIpc) is 2.46. The number of hydrogen-bond donors (Lipinski definition) is 2. The van der Waals surface area contributed by atoms with Crippen LogP contribution in [0.15, 0.2) is 57.7 Å². The molecule has 0 radical (unpaired) electrons. The first kappa shape index (κ1) is 15.2. The molecule has 4 nitrogen and oxygen atoms in total. The zero-order valence-corrected chi connectivity index (χ0v) is 11.3. The molecule has 21 heavy (non-hydrogen) atoms. The van der Waals surface area contributed by atoms with Crippen LogP contribution in [0.25, 0.3) is 0 Å². The Hall–Kier alpha value is -2.22. The summed E-state index contributed by atoms with van der Waals surface area (Å²) in [5, 5.41) is 11.2. The highest BCUT2D eigenvalue weighted by atomic mass is 32.2. The van der Waals surface area contributed by atoms with Gasteiger partial charge in [-0.05, 0) is 30.3 Å². The highest BCUT2D eigenvalue weighted by Crippen LogP contribution is 2.36. The third-order valence-corrected chi connectivity index (χ3v) is 3.56. The predicted octanol–water partition coefficient (Wildman–Crippen LogP) is 3.35. The van der Waals surface area contributed by atoms with Gasteiger partial charge in [-0.3, -0.25) is 4.98 Å². The smallest absolute Gasteiger partial charge is 0.409 e. The second-order valence-corrected chi connectivity index (χ2v) is 5.12. The minimum atomic E-state index is -4.60. The number of halogens is 3. The van der Waals surface area contributed by atoms with Crippen LogP contribution in [0.5, 0.6) is 0 Å². The summed E-state index contributed by atoms with van der Waals surface area (Å²) in [6.07, 6.45) is -1.49. The number of nitrogens with two attached hydrogens (primary N) is 1. The van der Waals surface area contributed by atoms with Crippen LogP contribution in [-0.2, 0) is 6.18 Å². The van der Waals surface area contributed by atoms with Gasteiger partial charge in [-0.15, -0.1) is 0 Å². The fourth-order valence-electron chi connectivity index (χ4n) is 1.64. The molecule has 2 rings (SSSR count). The van der Waals surface area contributed by atoms with Crippen molar-refractivity contribution in [2.24, 2.45) is 10.9 Å². The maximum absolute atomic E-state index is 13.1. The maximum Gasteiger partial charge on any atom is 0.417 e. The van der Waals surface area contributed by atoms with Crippen molar-refractivity contribution >= 4 is 17.6 Å². The Bertz CT molecular complexity index is 659. The molecule has 2 aromatic rings. The number of amidine groups is 1. The zero-order valence-electron chi connectivity index (χ0n) is 10.5. The number of pyridine rings is 1. The van der Waals surface area contributed by atoms with Gasteiger partial charge in [0.05, 0.1) is 5.56 Å². The Morgan fingerprint density at radius 1 is 1.14 bits per heavy atom. The van der Waals surface area contributed by atoms with Gasteiger partial charge >= 0.3 is 6.18 Å². The van der Waals surface area contributed by atoms with Gasteiger partial charge in [-0.25, -0.2) is 0 Å². The first-order chi connectivity index (χ1) is 9.91. The third kappa shape index (κ3) is 3.66. The van der Waals surface area contributed by atoms with Gasteiger partial charge in [0.1, 0.15) is 0 Å². The van der Waals surface area contributed by atoms with Crippen molar-refractivity contribution in [1.82, 2.24) is 4.98 Å². The second-order valence-electron chi connectivity index (χ2n) is 3.98. The van der Waals surface area contributed by atoms with Crippen molar-refractivity contribution in [3.8, 4) is 0 Å². The standard InChI is InChI=1S/C13H10F3N3OS/c14-13(15,16)11-7-9(1-2-10(11)12(17)19-20)21-8-3-5-18-6-4-8/h1-7,20H,(H2,17,19). The first-order valence-electron chi connectivity index (χ1n) is 5.69. The van der Waals surface area contributed by atoms with Crippen molar-refractivity contribution in [2.45, 2.75) is 16.0 Å². The van der Waals surface area contributed by atoms with E-state index in [0.29, 0.717) is 4.90 Å². The molecule has 0 spiro atoms. The molecule has 0 aliphatic rings. The molecule has 0 atom stereocenters. The van der Waals surface area contributed by atoms with Gasteiger partial charge in [0, 0.05) is 27.7 Å². The molecule has 1 aromatic heterocycles. The summed E-state index contributed by atoms with van der Waals surface area (Å²) < 4.78 is 39.2. The minimum absolute atomic E-state index is 0.357. The van der Waals surface area contributed by atoms with Crippen molar-refractivity contribution in [2.75, 3.05) is 0 Å². The van der Waals surface area contributed by atoms with Crippen molar-refractivity contribution in [3.63, 3.8) is 0 Å². The first-order valence-corrected chi connectivity index (χ1v) is 6.50. The molecule has 0 bridgehead atoms. The molecule has 0 fully saturated rings. The van der Waals surface area contributed by atoms with E-state index in [-0.39, 0.29) is 5.56 Å². The molecule has 1 aromatic carbocycles. The fourth-order valence-corrected chi connectivity index (χ4v) is 2.48. The largest absolute Gasteiger partial charge is 0.417 e. The van der Waals surface area contributed by atoms with E-state index in [4.69, 9.17) is 10.9 Å². The van der Waals surface area contributed by atoms with Crippen molar-refractivity contribution in [3.05, 3.63) is 53.9 Å². The van der Waals surface area contributed by atoms with Gasteiger partial charge in [0.15, 0.2) is 5.84 Å². The fraction of sp³-hybridized carbons (Fsp3) is 0.0769. The van der Waals surface area contributed by atoms with Gasteiger partial charge in [0.25, 0.3) is 0 Å². The summed E-state index contributed by atoms with van der Waals surface area (Å²) >= 11 is 1.16. The lowest BCUT2D eigenvalue weighted by Gasteiger charge is -2.13. The predicted molar refractivity (Wildman–Crippen MR) is 72.3 cm³/mol. The lowest BCUT2D eigenvalue weighted by molar-refractivity contribution is -0.137. The molecular formula is C13H10F3N3OS. The Morgan fingerprint density at radius 2 is 1.81 bits per heavy atom. The number of hydrogen-bond acceptors (Lipinski definition) is 4. The Balaban J connectivity index is 2.43. The van der Waals surface area contributed by atoms with E-state index < -0.39 is 17.6 Å². The molecule has 3 N–H and O–H groups in total. The molecule has 0 aliphatic heterocycles. The monoisotopic (exact) mass is 313 g/mol. The van der Waals surface area contributed by atoms with Crippen LogP contribution in [0.1, 0.15) is 11.1 Å². The summed E-state index contributed by atoms with van der Waals surface area (Å²) in [5.74, 6) is -0.581. The van der Waals surface area contributed by atoms with Crippen LogP contribution in [0.2, 0.25) is 0 Å². The molecule has 0 saturated heterocycles. The normalized spacial score (nSPS) is 12.4. The zero-order chi connectivity index (χ0) is 15.5. The van der Waals surface area contributed by atoms with Gasteiger partial charge in [0.2, 0.25) is 0 Å². The molecule has 0 saturated carbocycles. The van der Waals surface area contributed by atoms with E-state index in [2.05, 4.69) is 10.1 Å². The van der Waals surface area contributed by atoms with Gasteiger partial charge < -0.3 is 10.9 Å². The Labute approximate surface area is 122 Å². The SMILES string of the molecule is N/C(=N/O)c1ccc(Sc2ccncc2)cc1C(F)(F)F. The van der Waals surface area contributed by atoms with Gasteiger partial charge in [-0.2, -0.15) is 13.2 Å². The van der Waals surface area contributed by atoms with Crippen LogP contribution in [0.4, 0.5) is 13.2 Å². The molecule has 0 amide bonds. The minimum Gasteiger partial charge on any atom is -0.409 e. The molecular weight excluding hydrogens is 303 g/mol. The molecule has 8 heteroatoms. The van der Waals surface area contributed by atoms with E-state index in [9.17, 15) is 13.2 Å². The van der Waals surface area contributed by atoms with E-state index in [1.54, 1.807) is 24.5 Å². The third-order valence-electron chi connectivity index (χ3n) is 2.57.